The lowest BCUT2D eigenvalue weighted by atomic mass is 10.1. The second-order valence-electron chi connectivity index (χ2n) is 12.8. The number of alkyl halides is 3. The van der Waals surface area contributed by atoms with Crippen molar-refractivity contribution in [3.63, 3.8) is 0 Å². The zero-order valence-corrected chi connectivity index (χ0v) is 28.5. The fourth-order valence-electron chi connectivity index (χ4n) is 6.25. The molecule has 0 saturated carbocycles. The lowest BCUT2D eigenvalue weighted by Gasteiger charge is -2.45. The van der Waals surface area contributed by atoms with Gasteiger partial charge in [0.2, 0.25) is 5.82 Å². The van der Waals surface area contributed by atoms with E-state index < -0.39 is 23.3 Å². The molecule has 0 N–H and O–H groups in total. The highest BCUT2D eigenvalue weighted by Gasteiger charge is 2.41. The van der Waals surface area contributed by atoms with Gasteiger partial charge in [-0.05, 0) is 56.6 Å². The predicted octanol–water partition coefficient (Wildman–Crippen LogP) is 5.42. The number of carbonyl (C=O) groups is 1. The molecule has 0 aliphatic carbocycles. The zero-order valence-electron chi connectivity index (χ0n) is 25.4. The van der Waals surface area contributed by atoms with Crippen LogP contribution in [0.1, 0.15) is 52.3 Å². The molecular weight excluding hydrogens is 701 g/mol. The van der Waals surface area contributed by atoms with Crippen molar-refractivity contribution in [2.45, 2.75) is 82.5 Å². The first-order valence-corrected chi connectivity index (χ1v) is 16.7. The lowest BCUT2D eigenvalue weighted by Crippen LogP contribution is -2.59. The van der Waals surface area contributed by atoms with Crippen molar-refractivity contribution in [1.29, 1.82) is 0 Å². The van der Waals surface area contributed by atoms with Crippen LogP contribution in [0.2, 0.25) is 5.02 Å². The van der Waals surface area contributed by atoms with Gasteiger partial charge in [0.25, 0.3) is 0 Å². The highest BCUT2D eigenvalue weighted by molar-refractivity contribution is 9.10. The lowest BCUT2D eigenvalue weighted by molar-refractivity contribution is -0.148. The van der Waals surface area contributed by atoms with Crippen molar-refractivity contribution in [2.75, 3.05) is 36.8 Å². The number of benzene rings is 1. The summed E-state index contributed by atoms with van der Waals surface area (Å²) in [4.78, 5) is 38.0. The Labute approximate surface area is 275 Å². The van der Waals surface area contributed by atoms with Crippen LogP contribution in [-0.2, 0) is 24.0 Å². The summed E-state index contributed by atoms with van der Waals surface area (Å²) in [5.74, 6) is 0.291. The van der Waals surface area contributed by atoms with Crippen LogP contribution in [0.5, 0.6) is 0 Å². The number of halogens is 5. The molecule has 0 spiro atoms. The summed E-state index contributed by atoms with van der Waals surface area (Å²) in [5.41, 5.74) is -0.344. The van der Waals surface area contributed by atoms with Crippen molar-refractivity contribution in [1.82, 2.24) is 34.1 Å². The van der Waals surface area contributed by atoms with Crippen LogP contribution in [0.4, 0.5) is 23.8 Å². The van der Waals surface area contributed by atoms with E-state index in [0.29, 0.717) is 58.1 Å². The van der Waals surface area contributed by atoms with Gasteiger partial charge in [-0.15, -0.1) is 22.0 Å². The molecule has 6 rings (SSSR count). The molecule has 0 radical (unpaired) electrons. The number of hydrogen-bond acceptors (Lipinski definition) is 9. The van der Waals surface area contributed by atoms with Crippen molar-refractivity contribution in [3.8, 4) is 0 Å². The van der Waals surface area contributed by atoms with Crippen LogP contribution in [0.15, 0.2) is 20.2 Å². The number of rotatable bonds is 3. The number of hydrogen-bond donors (Lipinski definition) is 0. The van der Waals surface area contributed by atoms with Gasteiger partial charge in [-0.2, -0.15) is 18.2 Å². The minimum absolute atomic E-state index is 0.0988. The van der Waals surface area contributed by atoms with Gasteiger partial charge in [-0.1, -0.05) is 11.6 Å². The van der Waals surface area contributed by atoms with Crippen LogP contribution < -0.4 is 10.6 Å². The van der Waals surface area contributed by atoms with E-state index in [1.165, 1.54) is 0 Å². The summed E-state index contributed by atoms with van der Waals surface area (Å²) >= 11 is 11.9. The van der Waals surface area contributed by atoms with E-state index in [1.807, 2.05) is 50.5 Å². The Morgan fingerprint density at radius 1 is 1.16 bits per heavy atom. The highest BCUT2D eigenvalue weighted by atomic mass is 79.9. The van der Waals surface area contributed by atoms with Gasteiger partial charge in [0, 0.05) is 60.8 Å². The predicted molar refractivity (Wildman–Crippen MR) is 168 cm³/mol. The second kappa shape index (κ2) is 11.6. The maximum absolute atomic E-state index is 13.9. The van der Waals surface area contributed by atoms with Gasteiger partial charge >= 0.3 is 18.0 Å². The number of thioether (sulfide) groups is 1. The summed E-state index contributed by atoms with van der Waals surface area (Å²) in [5, 5.41) is 8.38. The molecule has 3 aliphatic rings. The quantitative estimate of drug-likeness (QED) is 0.350. The maximum atomic E-state index is 13.9. The number of piperazine rings is 1. The molecule has 3 atom stereocenters. The van der Waals surface area contributed by atoms with Gasteiger partial charge in [-0.3, -0.25) is 9.47 Å². The molecule has 2 aromatic heterocycles. The third kappa shape index (κ3) is 6.02. The summed E-state index contributed by atoms with van der Waals surface area (Å²) in [6.45, 7) is 11.3. The summed E-state index contributed by atoms with van der Waals surface area (Å²) < 4.78 is 49.2. The summed E-state index contributed by atoms with van der Waals surface area (Å²) in [7, 11) is 0. The molecule has 3 aromatic rings. The first-order valence-electron chi connectivity index (χ1n) is 14.6. The zero-order chi connectivity index (χ0) is 32.6. The van der Waals surface area contributed by atoms with E-state index in [4.69, 9.17) is 16.3 Å². The molecule has 45 heavy (non-hydrogen) atoms. The van der Waals surface area contributed by atoms with E-state index in [2.05, 4.69) is 31.1 Å². The van der Waals surface area contributed by atoms with Crippen LogP contribution in [0.25, 0.3) is 10.9 Å². The molecule has 0 bridgehead atoms. The van der Waals surface area contributed by atoms with Gasteiger partial charge < -0.3 is 19.1 Å². The van der Waals surface area contributed by atoms with E-state index in [9.17, 15) is 22.8 Å². The number of nitrogens with zero attached hydrogens (tertiary/aromatic N) is 8. The normalized spacial score (nSPS) is 22.6. The van der Waals surface area contributed by atoms with E-state index in [1.54, 1.807) is 21.2 Å². The summed E-state index contributed by atoms with van der Waals surface area (Å²) in [6.07, 6.45) is -4.96. The van der Waals surface area contributed by atoms with Crippen molar-refractivity contribution in [2.24, 2.45) is 0 Å². The Morgan fingerprint density at radius 2 is 1.89 bits per heavy atom. The molecule has 1 aromatic carbocycles. The summed E-state index contributed by atoms with van der Waals surface area (Å²) in [6, 6.07) is 1.12. The molecule has 5 heterocycles. The first-order chi connectivity index (χ1) is 21.0. The molecule has 1 fully saturated rings. The maximum Gasteiger partial charge on any atom is 0.451 e. The Morgan fingerprint density at radius 3 is 2.58 bits per heavy atom. The Bertz CT molecular complexity index is 1730. The van der Waals surface area contributed by atoms with Crippen molar-refractivity contribution < 1.29 is 22.7 Å². The molecular formula is C28H33BrClF3N8O3S. The monoisotopic (exact) mass is 732 g/mol. The fraction of sp³-hybridized carbons (Fsp3) is 0.607. The topological polar surface area (TPSA) is 102 Å². The highest BCUT2D eigenvalue weighted by Crippen LogP contribution is 2.46. The SMILES string of the molecule is C[C@@H]1CN(c2nc(=O)n3c4c(c(Br)c(Cl)cc24)SC[C@@H]3CN2CCn3c(nnc3C(F)(F)F)C2)[C@@H](C)CN1C(=O)OC(C)(C)C. The van der Waals surface area contributed by atoms with Crippen LogP contribution in [-0.4, -0.2) is 89.8 Å². The van der Waals surface area contributed by atoms with E-state index in [0.717, 1.165) is 9.46 Å². The minimum atomic E-state index is -4.57. The van der Waals surface area contributed by atoms with E-state index in [-0.39, 0.29) is 43.1 Å². The van der Waals surface area contributed by atoms with Crippen molar-refractivity contribution in [3.05, 3.63) is 37.7 Å². The van der Waals surface area contributed by atoms with Gasteiger partial charge in [0.1, 0.15) is 17.2 Å². The number of fused-ring (bicyclic) bond motifs is 1. The van der Waals surface area contributed by atoms with Crippen LogP contribution in [0, 0.1) is 0 Å². The van der Waals surface area contributed by atoms with Gasteiger partial charge in [0.05, 0.1) is 27.6 Å². The molecule has 1 saturated heterocycles. The number of amides is 1. The van der Waals surface area contributed by atoms with Gasteiger partial charge in [0.15, 0.2) is 0 Å². The molecule has 11 nitrogen and oxygen atoms in total. The van der Waals surface area contributed by atoms with Crippen molar-refractivity contribution >= 4 is 62.1 Å². The third-order valence-corrected chi connectivity index (χ3v) is 11.1. The smallest absolute Gasteiger partial charge is 0.444 e. The van der Waals surface area contributed by atoms with Crippen LogP contribution in [0.3, 0.4) is 0 Å². The van der Waals surface area contributed by atoms with Gasteiger partial charge in [-0.25, -0.2) is 9.59 Å². The third-order valence-electron chi connectivity index (χ3n) is 8.27. The number of carbonyl (C=O) groups excluding carboxylic acids is 1. The number of anilines is 1. The Hall–Kier alpha value is -2.56. The molecule has 1 amide bonds. The number of aromatic nitrogens is 5. The second-order valence-corrected chi connectivity index (χ2v) is 15.0. The average molecular weight is 734 g/mol. The molecule has 244 valence electrons. The minimum Gasteiger partial charge on any atom is -0.444 e. The Kier molecular flexibility index (Phi) is 8.35. The average Bonchev–Trinajstić information content (AvgIpc) is 3.37. The molecule has 3 aliphatic heterocycles. The Balaban J connectivity index is 1.33. The molecule has 17 heteroatoms. The number of ether oxygens (including phenoxy) is 1. The first kappa shape index (κ1) is 32.4. The molecule has 0 unspecified atom stereocenters. The fourth-order valence-corrected chi connectivity index (χ4v) is 8.35. The standard InChI is InChI=1S/C28H33BrClF3N8O3S/c1-14-10-40(26(43)44-27(3,4)5)15(2)9-39(14)23-17-8-18(30)20(29)22-21(17)41(25(42)34-23)16(13-45-22)11-37-6-7-38-19(12-37)35-36-24(38)28(31,32)33/h8,14-16H,6-7,9-13H2,1-5H3/t14-,15+,16-/m0/s1. The van der Waals surface area contributed by atoms with E-state index >= 15 is 0 Å². The largest absolute Gasteiger partial charge is 0.451 e. The van der Waals surface area contributed by atoms with Crippen LogP contribution >= 0.6 is 39.3 Å².